The molecule has 1 heterocycles. The molecule has 1 amide bonds. The van der Waals surface area contributed by atoms with E-state index in [1.54, 1.807) is 7.11 Å². The predicted octanol–water partition coefficient (Wildman–Crippen LogP) is 2.01. The molecular weight excluding hydrogens is 252 g/mol. The summed E-state index contributed by atoms with van der Waals surface area (Å²) in [5.41, 5.74) is 1.18. The molecule has 1 aliphatic heterocycles. The number of nitrogens with one attached hydrogen (secondary N) is 1. The van der Waals surface area contributed by atoms with Crippen LogP contribution in [0.2, 0.25) is 0 Å². The van der Waals surface area contributed by atoms with Gasteiger partial charge in [0.1, 0.15) is 5.75 Å². The normalized spacial score (nSPS) is 20.6. The number of carbonyl (C=O) groups excluding carboxylic acids is 1. The summed E-state index contributed by atoms with van der Waals surface area (Å²) in [5.74, 6) is 1.34. The number of ether oxygens (including phenoxy) is 1. The molecule has 0 aromatic heterocycles. The molecule has 0 radical (unpaired) electrons. The summed E-state index contributed by atoms with van der Waals surface area (Å²) < 4.78 is 5.15. The monoisotopic (exact) mass is 276 g/mol. The van der Waals surface area contributed by atoms with Crippen LogP contribution >= 0.6 is 0 Å². The fourth-order valence-electron chi connectivity index (χ4n) is 2.60. The maximum atomic E-state index is 12.3. The molecule has 4 heteroatoms. The van der Waals surface area contributed by atoms with Crippen LogP contribution in [0, 0.1) is 0 Å². The van der Waals surface area contributed by atoms with Crippen molar-refractivity contribution in [2.75, 3.05) is 26.7 Å². The summed E-state index contributed by atoms with van der Waals surface area (Å²) >= 11 is 0. The minimum absolute atomic E-state index is 0.235. The number of amides is 1. The fraction of sp³-hybridized carbons (Fsp3) is 0.562. The highest BCUT2D eigenvalue weighted by atomic mass is 16.5. The molecule has 0 aliphatic carbocycles. The van der Waals surface area contributed by atoms with Crippen molar-refractivity contribution in [2.45, 2.75) is 32.2 Å². The Kier molecular flexibility index (Phi) is 5.01. The van der Waals surface area contributed by atoms with Crippen LogP contribution < -0.4 is 10.1 Å². The summed E-state index contributed by atoms with van der Waals surface area (Å²) in [6.45, 7) is 6.74. The van der Waals surface area contributed by atoms with Crippen LogP contribution in [-0.4, -0.2) is 43.6 Å². The first-order valence-corrected chi connectivity index (χ1v) is 7.25. The average Bonchev–Trinajstić information content (AvgIpc) is 2.47. The first-order valence-electron chi connectivity index (χ1n) is 7.25. The van der Waals surface area contributed by atoms with Gasteiger partial charge in [-0.2, -0.15) is 0 Å². The summed E-state index contributed by atoms with van der Waals surface area (Å²) in [5, 5.41) is 3.36. The molecule has 1 saturated heterocycles. The van der Waals surface area contributed by atoms with Crippen molar-refractivity contribution in [2.24, 2.45) is 0 Å². The number of carbonyl (C=O) groups is 1. The Morgan fingerprint density at radius 3 is 2.75 bits per heavy atom. The van der Waals surface area contributed by atoms with Gasteiger partial charge in [-0.15, -0.1) is 0 Å². The predicted molar refractivity (Wildman–Crippen MR) is 80.1 cm³/mol. The smallest absolute Gasteiger partial charge is 0.223 e. The summed E-state index contributed by atoms with van der Waals surface area (Å²) in [7, 11) is 1.66. The van der Waals surface area contributed by atoms with Crippen LogP contribution in [-0.2, 0) is 4.79 Å². The largest absolute Gasteiger partial charge is 0.497 e. The van der Waals surface area contributed by atoms with Crippen LogP contribution in [0.3, 0.4) is 0 Å². The van der Waals surface area contributed by atoms with Crippen molar-refractivity contribution >= 4 is 5.91 Å². The number of methoxy groups -OCH3 is 1. The lowest BCUT2D eigenvalue weighted by Gasteiger charge is -2.32. The van der Waals surface area contributed by atoms with Crippen LogP contribution in [0.4, 0.5) is 0 Å². The Morgan fingerprint density at radius 2 is 2.15 bits per heavy atom. The SMILES string of the molecule is COc1ccc(C(C)CC(=O)N2CCNC(C)C2)cc1. The van der Waals surface area contributed by atoms with Crippen molar-refractivity contribution in [3.8, 4) is 5.75 Å². The Labute approximate surface area is 121 Å². The van der Waals surface area contributed by atoms with E-state index in [2.05, 4.69) is 19.2 Å². The zero-order valence-electron chi connectivity index (χ0n) is 12.6. The topological polar surface area (TPSA) is 41.6 Å². The Balaban J connectivity index is 1.92. The van der Waals surface area contributed by atoms with Gasteiger partial charge >= 0.3 is 0 Å². The van der Waals surface area contributed by atoms with Crippen molar-refractivity contribution in [1.82, 2.24) is 10.2 Å². The third-order valence-electron chi connectivity index (χ3n) is 3.89. The van der Waals surface area contributed by atoms with Crippen molar-refractivity contribution in [3.05, 3.63) is 29.8 Å². The minimum atomic E-state index is 0.235. The van der Waals surface area contributed by atoms with Gasteiger partial charge in [-0.1, -0.05) is 19.1 Å². The van der Waals surface area contributed by atoms with E-state index in [1.165, 1.54) is 5.56 Å². The van der Waals surface area contributed by atoms with Gasteiger partial charge in [-0.3, -0.25) is 4.79 Å². The number of benzene rings is 1. The molecule has 0 saturated carbocycles. The van der Waals surface area contributed by atoms with E-state index in [1.807, 2.05) is 29.2 Å². The third-order valence-corrected chi connectivity index (χ3v) is 3.89. The van der Waals surface area contributed by atoms with Gasteiger partial charge in [0.2, 0.25) is 5.91 Å². The summed E-state index contributed by atoms with van der Waals surface area (Å²) in [4.78, 5) is 14.3. The highest BCUT2D eigenvalue weighted by Gasteiger charge is 2.22. The van der Waals surface area contributed by atoms with Gasteiger partial charge in [-0.25, -0.2) is 0 Å². The number of hydrogen-bond acceptors (Lipinski definition) is 3. The molecule has 20 heavy (non-hydrogen) atoms. The van der Waals surface area contributed by atoms with E-state index in [4.69, 9.17) is 4.74 Å². The van der Waals surface area contributed by atoms with Crippen LogP contribution in [0.5, 0.6) is 5.75 Å². The van der Waals surface area contributed by atoms with Gasteiger partial charge < -0.3 is 15.0 Å². The second kappa shape index (κ2) is 6.75. The van der Waals surface area contributed by atoms with E-state index < -0.39 is 0 Å². The molecule has 4 nitrogen and oxygen atoms in total. The van der Waals surface area contributed by atoms with Crippen molar-refractivity contribution in [1.29, 1.82) is 0 Å². The van der Waals surface area contributed by atoms with Gasteiger partial charge in [0.25, 0.3) is 0 Å². The second-order valence-electron chi connectivity index (χ2n) is 5.57. The first-order chi connectivity index (χ1) is 9.60. The number of nitrogens with zero attached hydrogens (tertiary/aromatic N) is 1. The third kappa shape index (κ3) is 3.73. The van der Waals surface area contributed by atoms with Crippen LogP contribution in [0.15, 0.2) is 24.3 Å². The number of rotatable bonds is 4. The quantitative estimate of drug-likeness (QED) is 0.914. The highest BCUT2D eigenvalue weighted by molar-refractivity contribution is 5.77. The van der Waals surface area contributed by atoms with E-state index in [-0.39, 0.29) is 11.8 Å². The second-order valence-corrected chi connectivity index (χ2v) is 5.57. The maximum Gasteiger partial charge on any atom is 0.223 e. The lowest BCUT2D eigenvalue weighted by atomic mass is 9.97. The van der Waals surface area contributed by atoms with Crippen molar-refractivity contribution in [3.63, 3.8) is 0 Å². The van der Waals surface area contributed by atoms with E-state index in [0.29, 0.717) is 12.5 Å². The summed E-state index contributed by atoms with van der Waals surface area (Å²) in [6, 6.07) is 8.37. The molecule has 1 N–H and O–H groups in total. The Hall–Kier alpha value is -1.55. The molecule has 1 aliphatic rings. The van der Waals surface area contributed by atoms with Crippen LogP contribution in [0.1, 0.15) is 31.7 Å². The molecule has 0 bridgehead atoms. The minimum Gasteiger partial charge on any atom is -0.497 e. The number of piperazine rings is 1. The summed E-state index contributed by atoms with van der Waals surface area (Å²) in [6.07, 6.45) is 0.569. The molecule has 2 rings (SSSR count). The van der Waals surface area contributed by atoms with Gasteiger partial charge in [0.05, 0.1) is 7.11 Å². The maximum absolute atomic E-state index is 12.3. The average molecular weight is 276 g/mol. The zero-order chi connectivity index (χ0) is 14.5. The molecule has 1 fully saturated rings. The Morgan fingerprint density at radius 1 is 1.45 bits per heavy atom. The highest BCUT2D eigenvalue weighted by Crippen LogP contribution is 2.22. The van der Waals surface area contributed by atoms with E-state index in [9.17, 15) is 4.79 Å². The first kappa shape index (κ1) is 14.9. The van der Waals surface area contributed by atoms with E-state index in [0.717, 1.165) is 25.4 Å². The lowest BCUT2D eigenvalue weighted by molar-refractivity contribution is -0.132. The molecule has 1 aromatic rings. The van der Waals surface area contributed by atoms with Crippen molar-refractivity contribution < 1.29 is 9.53 Å². The Bertz CT molecular complexity index is 444. The zero-order valence-corrected chi connectivity index (χ0v) is 12.6. The molecular formula is C16H24N2O2. The number of hydrogen-bond donors (Lipinski definition) is 1. The molecule has 1 aromatic carbocycles. The van der Waals surface area contributed by atoms with Gasteiger partial charge in [0.15, 0.2) is 0 Å². The molecule has 0 spiro atoms. The molecule has 110 valence electrons. The fourth-order valence-corrected chi connectivity index (χ4v) is 2.60. The lowest BCUT2D eigenvalue weighted by Crippen LogP contribution is -2.51. The van der Waals surface area contributed by atoms with E-state index >= 15 is 0 Å². The van der Waals surface area contributed by atoms with Crippen LogP contribution in [0.25, 0.3) is 0 Å². The standard InChI is InChI=1S/C16H24N2O2/c1-12(14-4-6-15(20-3)7-5-14)10-16(19)18-9-8-17-13(2)11-18/h4-7,12-13,17H,8-11H2,1-3H3. The molecule has 2 unspecified atom stereocenters. The molecule has 2 atom stereocenters. The van der Waals surface area contributed by atoms with Gasteiger partial charge in [-0.05, 0) is 30.5 Å². The van der Waals surface area contributed by atoms with Gasteiger partial charge in [0, 0.05) is 32.1 Å².